The van der Waals surface area contributed by atoms with E-state index >= 15 is 0 Å². The second-order valence-electron chi connectivity index (χ2n) is 7.91. The predicted octanol–water partition coefficient (Wildman–Crippen LogP) is 3.25. The predicted molar refractivity (Wildman–Crippen MR) is 122 cm³/mol. The highest BCUT2D eigenvalue weighted by Gasteiger charge is 2.31. The van der Waals surface area contributed by atoms with Crippen LogP contribution >= 0.6 is 0 Å². The van der Waals surface area contributed by atoms with Crippen LogP contribution in [0.1, 0.15) is 48.5 Å². The lowest BCUT2D eigenvalue weighted by atomic mass is 10.1. The molecule has 2 N–H and O–H groups in total. The van der Waals surface area contributed by atoms with Gasteiger partial charge in [0.05, 0.1) is 6.61 Å². The molecule has 1 atom stereocenters. The van der Waals surface area contributed by atoms with Crippen molar-refractivity contribution in [3.63, 3.8) is 0 Å². The normalized spacial score (nSPS) is 15.8. The van der Waals surface area contributed by atoms with Crippen LogP contribution in [0.25, 0.3) is 0 Å². The fourth-order valence-electron chi connectivity index (χ4n) is 3.71. The molecule has 0 aliphatic carbocycles. The van der Waals surface area contributed by atoms with E-state index in [-0.39, 0.29) is 36.3 Å². The third-order valence-electron chi connectivity index (χ3n) is 5.40. The Labute approximate surface area is 193 Å². The van der Waals surface area contributed by atoms with Crippen molar-refractivity contribution in [1.82, 2.24) is 10.2 Å². The summed E-state index contributed by atoms with van der Waals surface area (Å²) in [7, 11) is 0. The molecule has 8 nitrogen and oxygen atoms in total. The molecule has 2 amide bonds. The minimum atomic E-state index is -1.11. The van der Waals surface area contributed by atoms with Crippen LogP contribution in [0.5, 0.6) is 11.5 Å². The second kappa shape index (κ2) is 11.9. The number of benzene rings is 2. The first-order chi connectivity index (χ1) is 16.0. The Balaban J connectivity index is 1.84. The molecule has 0 saturated carbocycles. The molecule has 0 radical (unpaired) electrons. The maximum absolute atomic E-state index is 13.2. The summed E-state index contributed by atoms with van der Waals surface area (Å²) in [6, 6.07) is 13.2. The zero-order chi connectivity index (χ0) is 23.6. The van der Waals surface area contributed by atoms with Crippen molar-refractivity contribution in [3.05, 3.63) is 59.7 Å². The Morgan fingerprint density at radius 1 is 1.12 bits per heavy atom. The van der Waals surface area contributed by atoms with Crippen molar-refractivity contribution in [1.29, 1.82) is 0 Å². The number of rotatable bonds is 10. The quantitative estimate of drug-likeness (QED) is 0.571. The highest BCUT2D eigenvalue weighted by atomic mass is 16.5. The molecule has 1 aliphatic rings. The minimum Gasteiger partial charge on any atom is -0.493 e. The van der Waals surface area contributed by atoms with E-state index in [9.17, 15) is 19.5 Å². The lowest BCUT2D eigenvalue weighted by Crippen LogP contribution is -2.49. The first-order valence-electron chi connectivity index (χ1n) is 11.2. The van der Waals surface area contributed by atoms with Crippen LogP contribution < -0.4 is 14.8 Å². The second-order valence-corrected chi connectivity index (χ2v) is 7.91. The monoisotopic (exact) mass is 454 g/mol. The van der Waals surface area contributed by atoms with E-state index in [4.69, 9.17) is 9.47 Å². The molecule has 176 valence electrons. The van der Waals surface area contributed by atoms with Crippen LogP contribution in [0.3, 0.4) is 0 Å². The molecule has 1 fully saturated rings. The zero-order valence-corrected chi connectivity index (χ0v) is 18.8. The molecule has 1 heterocycles. The number of carboxylic acid groups (broad SMARTS) is 1. The van der Waals surface area contributed by atoms with Gasteiger partial charge in [-0.3, -0.25) is 9.59 Å². The van der Waals surface area contributed by atoms with E-state index in [1.807, 2.05) is 25.1 Å². The fraction of sp³-hybridized carbons (Fsp3) is 0.400. The highest BCUT2D eigenvalue weighted by Crippen LogP contribution is 2.23. The third-order valence-corrected chi connectivity index (χ3v) is 5.40. The van der Waals surface area contributed by atoms with Gasteiger partial charge in [0.1, 0.15) is 23.1 Å². The first kappa shape index (κ1) is 24.1. The van der Waals surface area contributed by atoms with E-state index in [1.165, 1.54) is 11.0 Å². The summed E-state index contributed by atoms with van der Waals surface area (Å²) in [6.07, 6.45) is 2.93. The Morgan fingerprint density at radius 3 is 2.64 bits per heavy atom. The average molecular weight is 455 g/mol. The van der Waals surface area contributed by atoms with Gasteiger partial charge in [0.2, 0.25) is 5.91 Å². The standard InChI is InChI=1S/C25H30N2O6/c1-2-14-32-22-12-11-18(15-20(22)25(30)31)16-27(21-10-6-7-13-26-24(21)29)23(28)17-33-19-8-4-3-5-9-19/h3-5,8-9,11-12,15,21H,2,6-7,10,13-14,16-17H2,1H3,(H,26,29)(H,30,31)/t21-/m0/s1. The van der Waals surface area contributed by atoms with Gasteiger partial charge in [0.25, 0.3) is 5.91 Å². The van der Waals surface area contributed by atoms with Gasteiger partial charge in [-0.05, 0) is 55.5 Å². The van der Waals surface area contributed by atoms with E-state index in [0.717, 1.165) is 19.3 Å². The molecule has 33 heavy (non-hydrogen) atoms. The Kier molecular flexibility index (Phi) is 8.69. The number of ether oxygens (including phenoxy) is 2. The highest BCUT2D eigenvalue weighted by molar-refractivity contribution is 5.91. The molecule has 0 unspecified atom stereocenters. The summed E-state index contributed by atoms with van der Waals surface area (Å²) in [6.45, 7) is 2.78. The molecule has 0 spiro atoms. The molecular weight excluding hydrogens is 424 g/mol. The molecule has 0 bridgehead atoms. The Bertz CT molecular complexity index is 963. The van der Waals surface area contributed by atoms with Gasteiger partial charge in [0, 0.05) is 13.1 Å². The van der Waals surface area contributed by atoms with Crippen LogP contribution in [0.15, 0.2) is 48.5 Å². The molecule has 2 aromatic carbocycles. The number of aromatic carboxylic acids is 1. The molecule has 0 aromatic heterocycles. The number of para-hydroxylation sites is 1. The van der Waals surface area contributed by atoms with Crippen LogP contribution in [-0.4, -0.2) is 53.6 Å². The summed E-state index contributed by atoms with van der Waals surface area (Å²) in [4.78, 5) is 39.2. The third kappa shape index (κ3) is 6.71. The van der Waals surface area contributed by atoms with Gasteiger partial charge in [-0.25, -0.2) is 4.79 Å². The van der Waals surface area contributed by atoms with E-state index in [2.05, 4.69) is 5.32 Å². The van der Waals surface area contributed by atoms with Gasteiger partial charge < -0.3 is 24.8 Å². The van der Waals surface area contributed by atoms with E-state index in [1.54, 1.807) is 24.3 Å². The van der Waals surface area contributed by atoms with Gasteiger partial charge >= 0.3 is 5.97 Å². The maximum atomic E-state index is 13.2. The summed E-state index contributed by atoms with van der Waals surface area (Å²) < 4.78 is 11.2. The SMILES string of the molecule is CCCOc1ccc(CN(C(=O)COc2ccccc2)[C@H]2CCCCNC2=O)cc1C(=O)O. The molecular formula is C25H30N2O6. The molecule has 1 saturated heterocycles. The van der Waals surface area contributed by atoms with Gasteiger partial charge in [-0.1, -0.05) is 31.2 Å². The Hall–Kier alpha value is -3.55. The number of nitrogens with zero attached hydrogens (tertiary/aromatic N) is 1. The molecule has 3 rings (SSSR count). The lowest BCUT2D eigenvalue weighted by Gasteiger charge is -2.30. The maximum Gasteiger partial charge on any atom is 0.339 e. The summed E-state index contributed by atoms with van der Waals surface area (Å²) in [5.74, 6) is -0.821. The van der Waals surface area contributed by atoms with Crippen LogP contribution in [0, 0.1) is 0 Å². The smallest absolute Gasteiger partial charge is 0.339 e. The van der Waals surface area contributed by atoms with Crippen molar-refractivity contribution in [3.8, 4) is 11.5 Å². The van der Waals surface area contributed by atoms with Crippen molar-refractivity contribution < 1.29 is 29.0 Å². The molecule has 8 heteroatoms. The fourth-order valence-corrected chi connectivity index (χ4v) is 3.71. The largest absolute Gasteiger partial charge is 0.493 e. The topological polar surface area (TPSA) is 105 Å². The van der Waals surface area contributed by atoms with Crippen molar-refractivity contribution in [2.24, 2.45) is 0 Å². The molecule has 1 aliphatic heterocycles. The summed E-state index contributed by atoms with van der Waals surface area (Å²) in [5.41, 5.74) is 0.626. The van der Waals surface area contributed by atoms with E-state index < -0.39 is 12.0 Å². The van der Waals surface area contributed by atoms with Crippen molar-refractivity contribution >= 4 is 17.8 Å². The Morgan fingerprint density at radius 2 is 1.91 bits per heavy atom. The molecule has 2 aromatic rings. The number of hydrogen-bond donors (Lipinski definition) is 2. The number of carbonyl (C=O) groups is 3. The minimum absolute atomic E-state index is 0.0270. The number of nitrogens with one attached hydrogen (secondary N) is 1. The zero-order valence-electron chi connectivity index (χ0n) is 18.8. The lowest BCUT2D eigenvalue weighted by molar-refractivity contribution is -0.142. The van der Waals surface area contributed by atoms with Crippen LogP contribution in [0.2, 0.25) is 0 Å². The van der Waals surface area contributed by atoms with Crippen molar-refractivity contribution in [2.45, 2.75) is 45.2 Å². The van der Waals surface area contributed by atoms with Crippen molar-refractivity contribution in [2.75, 3.05) is 19.8 Å². The summed E-state index contributed by atoms with van der Waals surface area (Å²) >= 11 is 0. The van der Waals surface area contributed by atoms with Crippen LogP contribution in [-0.2, 0) is 16.1 Å². The van der Waals surface area contributed by atoms with Gasteiger partial charge in [-0.2, -0.15) is 0 Å². The first-order valence-corrected chi connectivity index (χ1v) is 11.2. The average Bonchev–Trinajstić information content (AvgIpc) is 3.04. The number of hydrogen-bond acceptors (Lipinski definition) is 5. The number of carbonyl (C=O) groups excluding carboxylic acids is 2. The van der Waals surface area contributed by atoms with Gasteiger partial charge in [0.15, 0.2) is 6.61 Å². The number of carboxylic acids is 1. The van der Waals surface area contributed by atoms with E-state index in [0.29, 0.717) is 30.9 Å². The van der Waals surface area contributed by atoms with Crippen LogP contribution in [0.4, 0.5) is 0 Å². The number of amides is 2. The summed E-state index contributed by atoms with van der Waals surface area (Å²) in [5, 5.41) is 12.5. The van der Waals surface area contributed by atoms with Gasteiger partial charge in [-0.15, -0.1) is 0 Å².